The van der Waals surface area contributed by atoms with Gasteiger partial charge in [0.15, 0.2) is 11.6 Å². The van der Waals surface area contributed by atoms with Crippen LogP contribution in [0.15, 0.2) is 60.7 Å². The second kappa shape index (κ2) is 9.90. The molecule has 0 bridgehead atoms. The van der Waals surface area contributed by atoms with Gasteiger partial charge >= 0.3 is 0 Å². The van der Waals surface area contributed by atoms with E-state index in [9.17, 15) is 21.6 Å². The van der Waals surface area contributed by atoms with Gasteiger partial charge in [-0.25, -0.2) is 21.6 Å². The van der Waals surface area contributed by atoms with Crippen LogP contribution in [0.3, 0.4) is 0 Å². The molecule has 0 heterocycles. The molecule has 2 N–H and O–H groups in total. The first-order chi connectivity index (χ1) is 14.7. The van der Waals surface area contributed by atoms with E-state index in [1.807, 2.05) is 22.6 Å². The number of sulfonamides is 1. The van der Waals surface area contributed by atoms with Crippen molar-refractivity contribution in [2.75, 3.05) is 10.0 Å². The molecule has 0 aromatic heterocycles. The molecule has 0 fully saturated rings. The third kappa shape index (κ3) is 5.91. The molecule has 0 spiro atoms. The van der Waals surface area contributed by atoms with Gasteiger partial charge in [-0.05, 0) is 84.3 Å². The highest BCUT2D eigenvalue weighted by atomic mass is 127. The summed E-state index contributed by atoms with van der Waals surface area (Å²) in [5.74, 6) is -2.83. The Hall–Kier alpha value is -2.27. The normalized spacial score (nSPS) is 12.4. The monoisotopic (exact) mass is 560 g/mol. The average molecular weight is 560 g/mol. The van der Waals surface area contributed by atoms with Gasteiger partial charge in [0, 0.05) is 9.26 Å². The summed E-state index contributed by atoms with van der Waals surface area (Å²) in [6.45, 7) is 1.54. The number of rotatable bonds is 8. The maximum absolute atomic E-state index is 14.5. The van der Waals surface area contributed by atoms with E-state index in [4.69, 9.17) is 0 Å². The number of aryl methyl sites for hydroxylation is 1. The van der Waals surface area contributed by atoms with Crippen molar-refractivity contribution in [2.24, 2.45) is 0 Å². The van der Waals surface area contributed by atoms with Crippen molar-refractivity contribution in [3.8, 4) is 0 Å². The van der Waals surface area contributed by atoms with E-state index in [0.717, 1.165) is 6.07 Å². The minimum Gasteiger partial charge on any atom is -0.350 e. The van der Waals surface area contributed by atoms with Gasteiger partial charge in [0.25, 0.3) is 0 Å². The van der Waals surface area contributed by atoms with Crippen molar-refractivity contribution in [1.29, 1.82) is 0 Å². The van der Waals surface area contributed by atoms with Crippen LogP contribution in [0.2, 0.25) is 0 Å². The lowest BCUT2D eigenvalue weighted by Crippen LogP contribution is -2.26. The third-order valence-electron chi connectivity index (χ3n) is 4.76. The number of benzene rings is 3. The number of para-hydroxylation sites is 1. The number of nitrogens with one attached hydrogen (secondary N) is 2. The fourth-order valence-corrected chi connectivity index (χ4v) is 4.49. The number of halogens is 4. The molecule has 164 valence electrons. The summed E-state index contributed by atoms with van der Waals surface area (Å²) in [5.41, 5.74) is 0.579. The van der Waals surface area contributed by atoms with E-state index in [1.165, 1.54) is 25.1 Å². The fourth-order valence-electron chi connectivity index (χ4n) is 2.94. The van der Waals surface area contributed by atoms with Gasteiger partial charge < -0.3 is 5.32 Å². The summed E-state index contributed by atoms with van der Waals surface area (Å²) in [5, 5.41) is 1.82. The molecule has 31 heavy (non-hydrogen) atoms. The van der Waals surface area contributed by atoms with Crippen LogP contribution in [0.1, 0.15) is 18.9 Å². The minimum absolute atomic E-state index is 0.00224. The fraction of sp³-hybridized carbons (Fsp3) is 0.182. The summed E-state index contributed by atoms with van der Waals surface area (Å²) in [7, 11) is -3.68. The number of anilines is 3. The molecule has 0 radical (unpaired) electrons. The van der Waals surface area contributed by atoms with E-state index in [-0.39, 0.29) is 24.2 Å². The van der Waals surface area contributed by atoms with Gasteiger partial charge in [-0.1, -0.05) is 24.3 Å². The smallest absolute Gasteiger partial charge is 0.235 e. The van der Waals surface area contributed by atoms with Crippen molar-refractivity contribution in [1.82, 2.24) is 0 Å². The highest BCUT2D eigenvalue weighted by Gasteiger charge is 2.22. The van der Waals surface area contributed by atoms with Gasteiger partial charge in [0.05, 0.1) is 16.6 Å². The van der Waals surface area contributed by atoms with Gasteiger partial charge in [0.1, 0.15) is 5.82 Å². The Morgan fingerprint density at radius 2 is 1.68 bits per heavy atom. The van der Waals surface area contributed by atoms with Crippen molar-refractivity contribution in [3.05, 3.63) is 87.2 Å². The lowest BCUT2D eigenvalue weighted by atomic mass is 10.0. The molecule has 0 aliphatic carbocycles. The standard InChI is InChI=1S/C22H20F3IN2O2S/c1-14(31(29,30)28-17-5-3-2-4-6-17)7-8-15-9-11-18(23)21(25)22(15)27-20-12-10-16(26)13-19(20)24/h2-6,9-14,27-28H,7-8H2,1H3. The molecular formula is C22H20F3IN2O2S. The zero-order valence-electron chi connectivity index (χ0n) is 16.5. The summed E-state index contributed by atoms with van der Waals surface area (Å²) in [6.07, 6.45) is 0.291. The molecule has 9 heteroatoms. The zero-order valence-corrected chi connectivity index (χ0v) is 19.5. The SMILES string of the molecule is CC(CCc1ccc(F)c(F)c1Nc1ccc(I)cc1F)S(=O)(=O)Nc1ccccc1. The Morgan fingerprint density at radius 1 is 0.968 bits per heavy atom. The number of hydrogen-bond acceptors (Lipinski definition) is 3. The van der Waals surface area contributed by atoms with E-state index < -0.39 is 32.7 Å². The predicted octanol–water partition coefficient (Wildman–Crippen LogP) is 6.22. The number of hydrogen-bond donors (Lipinski definition) is 2. The van der Waals surface area contributed by atoms with Crippen LogP contribution in [0.25, 0.3) is 0 Å². The molecule has 0 aliphatic rings. The van der Waals surface area contributed by atoms with Crippen LogP contribution in [0, 0.1) is 21.0 Å². The Morgan fingerprint density at radius 3 is 2.35 bits per heavy atom. The van der Waals surface area contributed by atoms with Gasteiger partial charge in [-0.3, -0.25) is 4.72 Å². The van der Waals surface area contributed by atoms with E-state index >= 15 is 0 Å². The van der Waals surface area contributed by atoms with Crippen molar-refractivity contribution in [2.45, 2.75) is 25.0 Å². The zero-order chi connectivity index (χ0) is 22.6. The van der Waals surface area contributed by atoms with Crippen LogP contribution in [0.4, 0.5) is 30.2 Å². The topological polar surface area (TPSA) is 58.2 Å². The molecule has 1 atom stereocenters. The van der Waals surface area contributed by atoms with Crippen LogP contribution in [-0.4, -0.2) is 13.7 Å². The lowest BCUT2D eigenvalue weighted by Gasteiger charge is -2.17. The second-order valence-corrected chi connectivity index (χ2v) is 10.4. The van der Waals surface area contributed by atoms with E-state index in [1.54, 1.807) is 36.4 Å². The van der Waals surface area contributed by atoms with Gasteiger partial charge in [-0.2, -0.15) is 0 Å². The first kappa shape index (κ1) is 23.4. The predicted molar refractivity (Wildman–Crippen MR) is 126 cm³/mol. The molecule has 0 saturated heterocycles. The highest BCUT2D eigenvalue weighted by molar-refractivity contribution is 14.1. The first-order valence-electron chi connectivity index (χ1n) is 9.43. The summed E-state index contributed by atoms with van der Waals surface area (Å²) in [6, 6.07) is 15.1. The lowest BCUT2D eigenvalue weighted by molar-refractivity contribution is 0.510. The molecule has 0 aliphatic heterocycles. The quantitative estimate of drug-likeness (QED) is 0.322. The largest absolute Gasteiger partial charge is 0.350 e. The molecule has 3 rings (SSSR count). The van der Waals surface area contributed by atoms with Crippen molar-refractivity contribution < 1.29 is 21.6 Å². The Kier molecular flexibility index (Phi) is 7.47. The molecule has 4 nitrogen and oxygen atoms in total. The molecule has 0 amide bonds. The maximum Gasteiger partial charge on any atom is 0.235 e. The average Bonchev–Trinajstić information content (AvgIpc) is 2.72. The third-order valence-corrected chi connectivity index (χ3v) is 7.24. The molecular weight excluding hydrogens is 540 g/mol. The van der Waals surface area contributed by atoms with Crippen molar-refractivity contribution in [3.63, 3.8) is 0 Å². The Labute approximate surface area is 193 Å². The first-order valence-corrected chi connectivity index (χ1v) is 12.1. The maximum atomic E-state index is 14.5. The van der Waals surface area contributed by atoms with Gasteiger partial charge in [-0.15, -0.1) is 0 Å². The highest BCUT2D eigenvalue weighted by Crippen LogP contribution is 2.30. The van der Waals surface area contributed by atoms with Crippen LogP contribution in [0.5, 0.6) is 0 Å². The Balaban J connectivity index is 1.79. The van der Waals surface area contributed by atoms with E-state index in [0.29, 0.717) is 14.8 Å². The second-order valence-electron chi connectivity index (χ2n) is 7.01. The van der Waals surface area contributed by atoms with Crippen LogP contribution < -0.4 is 10.0 Å². The minimum atomic E-state index is -3.68. The summed E-state index contributed by atoms with van der Waals surface area (Å²) < 4.78 is 70.9. The summed E-state index contributed by atoms with van der Waals surface area (Å²) in [4.78, 5) is 0. The van der Waals surface area contributed by atoms with E-state index in [2.05, 4.69) is 10.0 Å². The Bertz CT molecular complexity index is 1170. The van der Waals surface area contributed by atoms with Crippen molar-refractivity contribution >= 4 is 49.7 Å². The molecule has 3 aromatic rings. The van der Waals surface area contributed by atoms with Crippen LogP contribution >= 0.6 is 22.6 Å². The van der Waals surface area contributed by atoms with Gasteiger partial charge in [0.2, 0.25) is 10.0 Å². The molecule has 0 saturated carbocycles. The molecule has 3 aromatic carbocycles. The summed E-state index contributed by atoms with van der Waals surface area (Å²) >= 11 is 1.94. The molecule has 1 unspecified atom stereocenters. The van der Waals surface area contributed by atoms with Crippen LogP contribution in [-0.2, 0) is 16.4 Å².